The second kappa shape index (κ2) is 6.57. The molecule has 28 heavy (non-hydrogen) atoms. The minimum Gasteiger partial charge on any atom is -0.399 e. The molecule has 1 aliphatic heterocycles. The summed E-state index contributed by atoms with van der Waals surface area (Å²) in [7, 11) is -0.331. The highest BCUT2D eigenvalue weighted by Gasteiger charge is 2.51. The normalized spacial score (nSPS) is 21.5. The minimum atomic E-state index is -0.331. The molecule has 1 heterocycles. The highest BCUT2D eigenvalue weighted by molar-refractivity contribution is 6.62. The molecule has 146 valence electrons. The summed E-state index contributed by atoms with van der Waals surface area (Å²) >= 11 is 0. The van der Waals surface area contributed by atoms with E-state index in [1.165, 1.54) is 16.7 Å². The first kappa shape index (κ1) is 19.4. The Hall–Kier alpha value is -1.91. The number of ketones is 1. The topological polar surface area (TPSA) is 35.5 Å². The van der Waals surface area contributed by atoms with Crippen LogP contribution in [0.1, 0.15) is 59.4 Å². The number of carbonyl (C=O) groups is 1. The van der Waals surface area contributed by atoms with Crippen LogP contribution in [-0.2, 0) is 19.5 Å². The van der Waals surface area contributed by atoms with Crippen molar-refractivity contribution in [1.29, 1.82) is 0 Å². The van der Waals surface area contributed by atoms with Gasteiger partial charge < -0.3 is 9.31 Å². The van der Waals surface area contributed by atoms with Crippen LogP contribution in [0.15, 0.2) is 48.5 Å². The molecule has 2 aromatic rings. The summed E-state index contributed by atoms with van der Waals surface area (Å²) in [5.74, 6) is 0.278. The van der Waals surface area contributed by atoms with Gasteiger partial charge in [-0.05, 0) is 69.6 Å². The predicted molar refractivity (Wildman–Crippen MR) is 114 cm³/mol. The maximum Gasteiger partial charge on any atom is 0.494 e. The van der Waals surface area contributed by atoms with Gasteiger partial charge in [0.15, 0.2) is 0 Å². The Balaban J connectivity index is 1.50. The van der Waals surface area contributed by atoms with Gasteiger partial charge in [-0.3, -0.25) is 4.79 Å². The Morgan fingerprint density at radius 1 is 0.857 bits per heavy atom. The van der Waals surface area contributed by atoms with E-state index in [4.69, 9.17) is 9.31 Å². The van der Waals surface area contributed by atoms with Gasteiger partial charge in [0.05, 0.1) is 11.2 Å². The molecule has 0 bridgehead atoms. The fourth-order valence-electron chi connectivity index (χ4n) is 4.02. The van der Waals surface area contributed by atoms with Crippen LogP contribution >= 0.6 is 0 Å². The van der Waals surface area contributed by atoms with Crippen LogP contribution in [0, 0.1) is 0 Å². The molecular formula is C24H29BO3. The molecule has 4 rings (SSSR count). The monoisotopic (exact) mass is 376 g/mol. The van der Waals surface area contributed by atoms with Crippen molar-refractivity contribution in [2.24, 2.45) is 0 Å². The van der Waals surface area contributed by atoms with Gasteiger partial charge >= 0.3 is 7.12 Å². The van der Waals surface area contributed by atoms with Crippen LogP contribution in [0.25, 0.3) is 11.1 Å². The van der Waals surface area contributed by atoms with E-state index in [2.05, 4.69) is 76.2 Å². The lowest BCUT2D eigenvalue weighted by Crippen LogP contribution is -2.41. The molecule has 0 aromatic heterocycles. The smallest absolute Gasteiger partial charge is 0.399 e. The first-order chi connectivity index (χ1) is 13.1. The van der Waals surface area contributed by atoms with Crippen molar-refractivity contribution in [3.05, 3.63) is 54.1 Å². The lowest BCUT2D eigenvalue weighted by molar-refractivity contribution is -0.117. The summed E-state index contributed by atoms with van der Waals surface area (Å²) in [4.78, 5) is 11.6. The second-order valence-electron chi connectivity index (χ2n) is 9.45. The van der Waals surface area contributed by atoms with Crippen LogP contribution in [0.4, 0.5) is 0 Å². The fraction of sp³-hybridized carbons (Fsp3) is 0.458. The van der Waals surface area contributed by atoms with Crippen molar-refractivity contribution in [1.82, 2.24) is 0 Å². The Labute approximate surface area is 168 Å². The third kappa shape index (κ3) is 3.44. The van der Waals surface area contributed by atoms with Crippen molar-refractivity contribution in [2.75, 3.05) is 0 Å². The third-order valence-corrected chi connectivity index (χ3v) is 6.71. The lowest BCUT2D eigenvalue weighted by atomic mass is 9.78. The number of carbonyl (C=O) groups excluding carboxylic acids is 1. The zero-order chi connectivity index (χ0) is 20.2. The average Bonchev–Trinajstić information content (AvgIpc) is 3.36. The van der Waals surface area contributed by atoms with Crippen molar-refractivity contribution >= 4 is 18.4 Å². The van der Waals surface area contributed by atoms with Crippen LogP contribution in [0.3, 0.4) is 0 Å². The largest absolute Gasteiger partial charge is 0.494 e. The van der Waals surface area contributed by atoms with Crippen molar-refractivity contribution < 1.29 is 14.1 Å². The molecule has 0 amide bonds. The molecule has 0 N–H and O–H groups in total. The van der Waals surface area contributed by atoms with Gasteiger partial charge in [0.1, 0.15) is 5.78 Å². The predicted octanol–water partition coefficient (Wildman–Crippen LogP) is 4.66. The summed E-state index contributed by atoms with van der Waals surface area (Å²) < 4.78 is 12.3. The summed E-state index contributed by atoms with van der Waals surface area (Å²) in [5, 5.41) is 0. The highest BCUT2D eigenvalue weighted by atomic mass is 16.7. The second-order valence-corrected chi connectivity index (χ2v) is 9.45. The zero-order valence-electron chi connectivity index (χ0n) is 17.5. The van der Waals surface area contributed by atoms with Gasteiger partial charge in [-0.15, -0.1) is 0 Å². The van der Waals surface area contributed by atoms with Crippen molar-refractivity contribution in [3.8, 4) is 11.1 Å². The van der Waals surface area contributed by atoms with Gasteiger partial charge in [0, 0.05) is 11.8 Å². The molecule has 3 nitrogen and oxygen atoms in total. The van der Waals surface area contributed by atoms with E-state index in [0.29, 0.717) is 6.42 Å². The van der Waals surface area contributed by atoms with E-state index in [1.54, 1.807) is 6.92 Å². The van der Waals surface area contributed by atoms with E-state index >= 15 is 0 Å². The molecule has 1 saturated carbocycles. The average molecular weight is 376 g/mol. The highest BCUT2D eigenvalue weighted by Crippen LogP contribution is 2.51. The standard InChI is InChI=1S/C24H29BO3/c1-17(26)16-24(14-15-24)20-10-6-18(7-11-20)19-8-12-21(13-9-19)25-27-22(2,3)23(4,5)28-25/h6-13H,14-16H2,1-5H3. The van der Waals surface area contributed by atoms with Gasteiger partial charge in [-0.2, -0.15) is 0 Å². The summed E-state index contributed by atoms with van der Waals surface area (Å²) in [6.07, 6.45) is 2.90. The van der Waals surface area contributed by atoms with Crippen LogP contribution in [0.5, 0.6) is 0 Å². The van der Waals surface area contributed by atoms with E-state index in [9.17, 15) is 4.79 Å². The summed E-state index contributed by atoms with van der Waals surface area (Å²) in [5.41, 5.74) is 4.13. The number of benzene rings is 2. The Morgan fingerprint density at radius 3 is 1.75 bits per heavy atom. The van der Waals surface area contributed by atoms with Crippen molar-refractivity contribution in [3.63, 3.8) is 0 Å². The molecule has 0 radical (unpaired) electrons. The van der Waals surface area contributed by atoms with Gasteiger partial charge in [-0.1, -0.05) is 48.5 Å². The molecule has 1 saturated heterocycles. The van der Waals surface area contributed by atoms with Crippen LogP contribution < -0.4 is 5.46 Å². The number of rotatable bonds is 5. The summed E-state index contributed by atoms with van der Waals surface area (Å²) in [6, 6.07) is 17.1. The first-order valence-electron chi connectivity index (χ1n) is 10.2. The minimum absolute atomic E-state index is 0.102. The quantitative estimate of drug-likeness (QED) is 0.712. The zero-order valence-corrected chi connectivity index (χ0v) is 17.5. The van der Waals surface area contributed by atoms with Gasteiger partial charge in [-0.25, -0.2) is 0 Å². The number of Topliss-reactive ketones (excluding diaryl/α,β-unsaturated/α-hetero) is 1. The molecule has 1 aliphatic carbocycles. The molecule has 0 spiro atoms. The van der Waals surface area contributed by atoms with Crippen LogP contribution in [0.2, 0.25) is 0 Å². The SMILES string of the molecule is CC(=O)CC1(c2ccc(-c3ccc(B4OC(C)(C)C(C)(C)O4)cc3)cc2)CC1. The Bertz CT molecular complexity index is 861. The van der Waals surface area contributed by atoms with E-state index in [1.807, 2.05) is 0 Å². The Kier molecular flexibility index (Phi) is 4.55. The molecule has 4 heteroatoms. The maximum atomic E-state index is 11.6. The first-order valence-corrected chi connectivity index (χ1v) is 10.2. The molecule has 2 fully saturated rings. The number of hydrogen-bond acceptors (Lipinski definition) is 3. The van der Waals surface area contributed by atoms with E-state index in [0.717, 1.165) is 18.3 Å². The van der Waals surface area contributed by atoms with E-state index in [-0.39, 0.29) is 29.5 Å². The Morgan fingerprint density at radius 2 is 1.32 bits per heavy atom. The number of hydrogen-bond donors (Lipinski definition) is 0. The molecule has 2 aliphatic rings. The maximum absolute atomic E-state index is 11.6. The molecule has 2 aromatic carbocycles. The van der Waals surface area contributed by atoms with Gasteiger partial charge in [0.2, 0.25) is 0 Å². The van der Waals surface area contributed by atoms with Crippen molar-refractivity contribution in [2.45, 2.75) is 70.5 Å². The van der Waals surface area contributed by atoms with Crippen LogP contribution in [-0.4, -0.2) is 24.1 Å². The summed E-state index contributed by atoms with van der Waals surface area (Å²) in [6.45, 7) is 9.97. The third-order valence-electron chi connectivity index (χ3n) is 6.71. The van der Waals surface area contributed by atoms with Gasteiger partial charge in [0.25, 0.3) is 0 Å². The lowest BCUT2D eigenvalue weighted by Gasteiger charge is -2.32. The fourth-order valence-corrected chi connectivity index (χ4v) is 4.02. The molecule has 0 unspecified atom stereocenters. The molecular weight excluding hydrogens is 347 g/mol. The van der Waals surface area contributed by atoms with E-state index < -0.39 is 0 Å². The molecule has 0 atom stereocenters.